The van der Waals surface area contributed by atoms with E-state index in [2.05, 4.69) is 5.32 Å². The average molecular weight is 320 g/mol. The van der Waals surface area contributed by atoms with Crippen LogP contribution in [0.25, 0.3) is 0 Å². The number of sulfonamides is 1. The van der Waals surface area contributed by atoms with Crippen LogP contribution in [-0.2, 0) is 26.0 Å². The van der Waals surface area contributed by atoms with E-state index in [4.69, 9.17) is 5.11 Å². The SMILES string of the molecule is CCN(CC(=O)NC)S(=O)(=O)c1ccc(CC(=O)O)s1. The first-order valence-electron chi connectivity index (χ1n) is 5.82. The second-order valence-electron chi connectivity index (χ2n) is 3.90. The predicted octanol–water partition coefficient (Wildman–Crippen LogP) is 0.132. The highest BCUT2D eigenvalue weighted by molar-refractivity contribution is 7.91. The van der Waals surface area contributed by atoms with Gasteiger partial charge in [-0.25, -0.2) is 8.42 Å². The summed E-state index contributed by atoms with van der Waals surface area (Å²) in [5, 5.41) is 11.0. The van der Waals surface area contributed by atoms with Crippen LogP contribution in [0.4, 0.5) is 0 Å². The van der Waals surface area contributed by atoms with E-state index >= 15 is 0 Å². The summed E-state index contributed by atoms with van der Waals surface area (Å²) in [6.45, 7) is 1.52. The van der Waals surface area contributed by atoms with E-state index in [-0.39, 0.29) is 23.7 Å². The number of amides is 1. The lowest BCUT2D eigenvalue weighted by Gasteiger charge is -2.18. The van der Waals surface area contributed by atoms with E-state index in [1.165, 1.54) is 19.2 Å². The lowest BCUT2D eigenvalue weighted by atomic mass is 10.3. The van der Waals surface area contributed by atoms with Gasteiger partial charge in [-0.05, 0) is 12.1 Å². The van der Waals surface area contributed by atoms with Crippen LogP contribution in [0.15, 0.2) is 16.3 Å². The Labute approximate surface area is 121 Å². The van der Waals surface area contributed by atoms with Gasteiger partial charge in [0.25, 0.3) is 10.0 Å². The molecule has 0 aliphatic rings. The fourth-order valence-corrected chi connectivity index (χ4v) is 4.38. The molecule has 1 aromatic rings. The van der Waals surface area contributed by atoms with Gasteiger partial charge in [-0.3, -0.25) is 9.59 Å². The summed E-state index contributed by atoms with van der Waals surface area (Å²) >= 11 is 0.904. The Bertz CT molecular complexity index is 594. The van der Waals surface area contributed by atoms with Crippen molar-refractivity contribution in [2.45, 2.75) is 17.6 Å². The third kappa shape index (κ3) is 4.02. The molecule has 0 spiro atoms. The summed E-state index contributed by atoms with van der Waals surface area (Å²) in [5.41, 5.74) is 0. The number of carbonyl (C=O) groups is 2. The van der Waals surface area contributed by atoms with Gasteiger partial charge in [0.1, 0.15) is 4.21 Å². The van der Waals surface area contributed by atoms with Crippen molar-refractivity contribution in [1.29, 1.82) is 0 Å². The average Bonchev–Trinajstić information content (AvgIpc) is 2.83. The van der Waals surface area contributed by atoms with Crippen LogP contribution in [-0.4, -0.2) is 49.8 Å². The minimum Gasteiger partial charge on any atom is -0.481 e. The smallest absolute Gasteiger partial charge is 0.308 e. The topological polar surface area (TPSA) is 104 Å². The van der Waals surface area contributed by atoms with Crippen molar-refractivity contribution in [2.75, 3.05) is 20.1 Å². The van der Waals surface area contributed by atoms with E-state index in [9.17, 15) is 18.0 Å². The van der Waals surface area contributed by atoms with Gasteiger partial charge in [-0.2, -0.15) is 4.31 Å². The van der Waals surface area contributed by atoms with E-state index in [0.29, 0.717) is 4.88 Å². The minimum atomic E-state index is -3.77. The van der Waals surface area contributed by atoms with E-state index in [0.717, 1.165) is 15.6 Å². The quantitative estimate of drug-likeness (QED) is 0.743. The molecule has 0 unspecified atom stereocenters. The summed E-state index contributed by atoms with van der Waals surface area (Å²) in [6, 6.07) is 2.84. The molecular formula is C11H16N2O5S2. The molecule has 0 radical (unpaired) electrons. The number of rotatable bonds is 7. The Kier molecular flexibility index (Phi) is 5.66. The second kappa shape index (κ2) is 6.82. The zero-order valence-corrected chi connectivity index (χ0v) is 12.8. The standard InChI is InChI=1S/C11H16N2O5S2/c1-3-13(7-9(14)12-2)20(17,18)11-5-4-8(19-11)6-10(15)16/h4-5H,3,6-7H2,1-2H3,(H,12,14)(H,15,16). The zero-order valence-electron chi connectivity index (χ0n) is 11.1. The van der Waals surface area contributed by atoms with Crippen molar-refractivity contribution in [3.05, 3.63) is 17.0 Å². The van der Waals surface area contributed by atoms with Crippen LogP contribution in [0.1, 0.15) is 11.8 Å². The van der Waals surface area contributed by atoms with Crippen molar-refractivity contribution >= 4 is 33.2 Å². The summed E-state index contributed by atoms with van der Waals surface area (Å²) in [7, 11) is -2.34. The molecule has 2 N–H and O–H groups in total. The highest BCUT2D eigenvalue weighted by atomic mass is 32.2. The Hall–Kier alpha value is -1.45. The summed E-state index contributed by atoms with van der Waals surface area (Å²) in [6.07, 6.45) is -0.220. The molecule has 0 saturated heterocycles. The number of nitrogens with one attached hydrogen (secondary N) is 1. The van der Waals surface area contributed by atoms with E-state index in [1.54, 1.807) is 6.92 Å². The third-order valence-corrected chi connectivity index (χ3v) is 5.98. The number of carboxylic acids is 1. The molecule has 0 aliphatic carbocycles. The highest BCUT2D eigenvalue weighted by Gasteiger charge is 2.26. The maximum Gasteiger partial charge on any atom is 0.308 e. The van der Waals surface area contributed by atoms with Gasteiger partial charge in [-0.15, -0.1) is 11.3 Å². The van der Waals surface area contributed by atoms with Crippen molar-refractivity contribution in [3.8, 4) is 0 Å². The Balaban J connectivity index is 2.98. The summed E-state index contributed by atoms with van der Waals surface area (Å²) in [5.74, 6) is -1.42. The molecular weight excluding hydrogens is 304 g/mol. The first kappa shape index (κ1) is 16.6. The maximum atomic E-state index is 12.3. The van der Waals surface area contributed by atoms with Gasteiger partial charge in [0.2, 0.25) is 5.91 Å². The minimum absolute atomic E-state index is 0.0412. The Morgan fingerprint density at radius 2 is 2.05 bits per heavy atom. The molecule has 0 atom stereocenters. The van der Waals surface area contributed by atoms with Crippen molar-refractivity contribution < 1.29 is 23.1 Å². The molecule has 0 aliphatic heterocycles. The molecule has 20 heavy (non-hydrogen) atoms. The van der Waals surface area contributed by atoms with Crippen molar-refractivity contribution in [3.63, 3.8) is 0 Å². The van der Waals surface area contributed by atoms with Gasteiger partial charge in [0.05, 0.1) is 13.0 Å². The predicted molar refractivity (Wildman–Crippen MR) is 74.2 cm³/mol. The van der Waals surface area contributed by atoms with Gasteiger partial charge < -0.3 is 10.4 Å². The number of hydrogen-bond acceptors (Lipinski definition) is 5. The van der Waals surface area contributed by atoms with Crippen LogP contribution >= 0.6 is 11.3 Å². The molecule has 0 aromatic carbocycles. The molecule has 1 amide bonds. The van der Waals surface area contributed by atoms with Gasteiger partial charge in [0, 0.05) is 18.5 Å². The monoisotopic (exact) mass is 320 g/mol. The van der Waals surface area contributed by atoms with Gasteiger partial charge in [-0.1, -0.05) is 6.92 Å². The summed E-state index contributed by atoms with van der Waals surface area (Å²) < 4.78 is 25.7. The van der Waals surface area contributed by atoms with Crippen LogP contribution in [0.5, 0.6) is 0 Å². The molecule has 9 heteroatoms. The lowest BCUT2D eigenvalue weighted by Crippen LogP contribution is -2.39. The maximum absolute atomic E-state index is 12.3. The van der Waals surface area contributed by atoms with Crippen LogP contribution in [0.3, 0.4) is 0 Å². The second-order valence-corrected chi connectivity index (χ2v) is 7.23. The number of thiophene rings is 1. The molecule has 112 valence electrons. The van der Waals surface area contributed by atoms with Crippen LogP contribution in [0.2, 0.25) is 0 Å². The largest absolute Gasteiger partial charge is 0.481 e. The molecule has 0 saturated carbocycles. The zero-order chi connectivity index (χ0) is 15.3. The molecule has 1 heterocycles. The number of carbonyl (C=O) groups excluding carboxylic acids is 1. The Morgan fingerprint density at radius 3 is 2.55 bits per heavy atom. The first-order valence-corrected chi connectivity index (χ1v) is 8.08. The number of nitrogens with zero attached hydrogens (tertiary/aromatic N) is 1. The van der Waals surface area contributed by atoms with Crippen molar-refractivity contribution in [1.82, 2.24) is 9.62 Å². The molecule has 7 nitrogen and oxygen atoms in total. The molecule has 0 fully saturated rings. The first-order chi connectivity index (χ1) is 9.31. The van der Waals surface area contributed by atoms with E-state index in [1.807, 2.05) is 0 Å². The van der Waals surface area contributed by atoms with Crippen LogP contribution < -0.4 is 5.32 Å². The number of hydrogen-bond donors (Lipinski definition) is 2. The highest BCUT2D eigenvalue weighted by Crippen LogP contribution is 2.25. The fourth-order valence-electron chi connectivity index (χ4n) is 1.47. The Morgan fingerprint density at radius 1 is 1.40 bits per heavy atom. The third-order valence-electron chi connectivity index (χ3n) is 2.51. The number of likely N-dealkylation sites (N-methyl/N-ethyl adjacent to an activating group) is 2. The van der Waals surface area contributed by atoms with Crippen LogP contribution in [0, 0.1) is 0 Å². The van der Waals surface area contributed by atoms with Gasteiger partial charge >= 0.3 is 5.97 Å². The van der Waals surface area contributed by atoms with E-state index < -0.39 is 21.9 Å². The normalized spacial score (nSPS) is 11.6. The molecule has 1 aromatic heterocycles. The summed E-state index contributed by atoms with van der Waals surface area (Å²) in [4.78, 5) is 22.4. The lowest BCUT2D eigenvalue weighted by molar-refractivity contribution is -0.136. The number of aliphatic carboxylic acids is 1. The van der Waals surface area contributed by atoms with Crippen molar-refractivity contribution in [2.24, 2.45) is 0 Å². The fraction of sp³-hybridized carbons (Fsp3) is 0.455. The van der Waals surface area contributed by atoms with Gasteiger partial charge in [0.15, 0.2) is 0 Å². The molecule has 0 bridgehead atoms. The number of carboxylic acid groups (broad SMARTS) is 1. The molecule has 1 rings (SSSR count).